The van der Waals surface area contributed by atoms with Crippen molar-refractivity contribution in [3.63, 3.8) is 0 Å². The normalized spacial score (nSPS) is 21.4. The van der Waals surface area contributed by atoms with E-state index in [2.05, 4.69) is 6.07 Å². The van der Waals surface area contributed by atoms with Gasteiger partial charge >= 0.3 is 0 Å². The molecule has 0 saturated carbocycles. The zero-order valence-electron chi connectivity index (χ0n) is 11.0. The fraction of sp³-hybridized carbons (Fsp3) is 0.294. The maximum absolute atomic E-state index is 13.1. The molecule has 98 valence electrons. The number of fused-ring (bicyclic) bond motifs is 1. The van der Waals surface area contributed by atoms with Gasteiger partial charge in [0.05, 0.1) is 5.60 Å². The summed E-state index contributed by atoms with van der Waals surface area (Å²) in [5.41, 5.74) is 3.36. The minimum absolute atomic E-state index is 0.222. The van der Waals surface area contributed by atoms with Crippen LogP contribution in [-0.4, -0.2) is 5.11 Å². The van der Waals surface area contributed by atoms with Crippen LogP contribution in [0.3, 0.4) is 0 Å². The Kier molecular flexibility index (Phi) is 2.90. The monoisotopic (exact) mass is 256 g/mol. The van der Waals surface area contributed by atoms with Gasteiger partial charge in [0.15, 0.2) is 0 Å². The molecule has 1 N–H and O–H groups in total. The molecule has 2 aromatic rings. The van der Waals surface area contributed by atoms with Crippen molar-refractivity contribution in [3.8, 4) is 0 Å². The van der Waals surface area contributed by atoms with E-state index in [-0.39, 0.29) is 5.82 Å². The highest BCUT2D eigenvalue weighted by Crippen LogP contribution is 2.39. The maximum Gasteiger partial charge on any atom is 0.123 e. The maximum atomic E-state index is 13.1. The number of halogens is 1. The van der Waals surface area contributed by atoms with E-state index in [0.717, 1.165) is 29.5 Å². The summed E-state index contributed by atoms with van der Waals surface area (Å²) in [6, 6.07) is 12.8. The SMILES string of the molecule is Cc1cc(F)ccc1CC1(O)CCc2ccccc21. The number of aryl methyl sites for hydroxylation is 2. The van der Waals surface area contributed by atoms with Gasteiger partial charge < -0.3 is 5.11 Å². The van der Waals surface area contributed by atoms with Crippen molar-refractivity contribution in [2.45, 2.75) is 31.8 Å². The number of rotatable bonds is 2. The van der Waals surface area contributed by atoms with Crippen LogP contribution in [0.15, 0.2) is 42.5 Å². The Bertz CT molecular complexity index is 620. The van der Waals surface area contributed by atoms with Gasteiger partial charge in [0.2, 0.25) is 0 Å². The molecule has 3 rings (SSSR count). The summed E-state index contributed by atoms with van der Waals surface area (Å²) in [5.74, 6) is -0.222. The van der Waals surface area contributed by atoms with Crippen LogP contribution < -0.4 is 0 Å². The Hall–Kier alpha value is -1.67. The Morgan fingerprint density at radius 2 is 2.00 bits per heavy atom. The molecule has 0 aromatic heterocycles. The summed E-state index contributed by atoms with van der Waals surface area (Å²) in [7, 11) is 0. The minimum atomic E-state index is -0.806. The van der Waals surface area contributed by atoms with Gasteiger partial charge in [-0.15, -0.1) is 0 Å². The lowest BCUT2D eigenvalue weighted by Gasteiger charge is -2.25. The summed E-state index contributed by atoms with van der Waals surface area (Å²) in [4.78, 5) is 0. The first-order valence-corrected chi connectivity index (χ1v) is 6.64. The Labute approximate surface area is 112 Å². The minimum Gasteiger partial charge on any atom is -0.385 e. The first kappa shape index (κ1) is 12.4. The molecule has 2 aromatic carbocycles. The van der Waals surface area contributed by atoms with Crippen LogP contribution in [-0.2, 0) is 18.4 Å². The zero-order valence-corrected chi connectivity index (χ0v) is 11.0. The van der Waals surface area contributed by atoms with Gasteiger partial charge in [-0.1, -0.05) is 30.3 Å². The molecule has 1 atom stereocenters. The molecule has 19 heavy (non-hydrogen) atoms. The second-order valence-corrected chi connectivity index (χ2v) is 5.44. The highest BCUT2D eigenvalue weighted by molar-refractivity contribution is 5.39. The number of benzene rings is 2. The number of hydrogen-bond acceptors (Lipinski definition) is 1. The van der Waals surface area contributed by atoms with E-state index in [1.807, 2.05) is 25.1 Å². The molecule has 0 saturated heterocycles. The lowest BCUT2D eigenvalue weighted by Crippen LogP contribution is -2.25. The van der Waals surface area contributed by atoms with E-state index in [0.29, 0.717) is 6.42 Å². The van der Waals surface area contributed by atoms with Gasteiger partial charge in [0, 0.05) is 6.42 Å². The van der Waals surface area contributed by atoms with Crippen molar-refractivity contribution in [1.82, 2.24) is 0 Å². The highest BCUT2D eigenvalue weighted by Gasteiger charge is 2.36. The number of aliphatic hydroxyl groups is 1. The lowest BCUT2D eigenvalue weighted by atomic mass is 9.87. The van der Waals surface area contributed by atoms with E-state index in [9.17, 15) is 9.50 Å². The standard InChI is InChI=1S/C17H17FO/c1-12-10-15(18)7-6-14(12)11-17(19)9-8-13-4-2-3-5-16(13)17/h2-7,10,19H,8-9,11H2,1H3. The fourth-order valence-electron chi connectivity index (χ4n) is 3.02. The van der Waals surface area contributed by atoms with Gasteiger partial charge in [-0.2, -0.15) is 0 Å². The van der Waals surface area contributed by atoms with Gasteiger partial charge in [0.1, 0.15) is 5.82 Å². The van der Waals surface area contributed by atoms with Crippen LogP contribution >= 0.6 is 0 Å². The molecule has 0 spiro atoms. The second kappa shape index (κ2) is 4.46. The van der Waals surface area contributed by atoms with Crippen molar-refractivity contribution in [3.05, 3.63) is 70.5 Å². The zero-order chi connectivity index (χ0) is 13.5. The van der Waals surface area contributed by atoms with Crippen LogP contribution in [0.1, 0.15) is 28.7 Å². The van der Waals surface area contributed by atoms with Crippen LogP contribution in [0.25, 0.3) is 0 Å². The van der Waals surface area contributed by atoms with E-state index >= 15 is 0 Å². The largest absolute Gasteiger partial charge is 0.385 e. The first-order chi connectivity index (χ1) is 9.08. The Morgan fingerprint density at radius 1 is 1.21 bits per heavy atom. The molecule has 0 amide bonds. The van der Waals surface area contributed by atoms with Crippen LogP contribution in [0, 0.1) is 12.7 Å². The quantitative estimate of drug-likeness (QED) is 0.871. The molecule has 0 aliphatic heterocycles. The van der Waals surface area contributed by atoms with Crippen molar-refractivity contribution in [1.29, 1.82) is 0 Å². The Balaban J connectivity index is 1.95. The van der Waals surface area contributed by atoms with Gasteiger partial charge in [-0.25, -0.2) is 4.39 Å². The molecule has 0 heterocycles. The summed E-state index contributed by atoms with van der Waals surface area (Å²) >= 11 is 0. The third-order valence-corrected chi connectivity index (χ3v) is 4.11. The lowest BCUT2D eigenvalue weighted by molar-refractivity contribution is 0.0388. The molecule has 0 fully saturated rings. The molecule has 1 nitrogen and oxygen atoms in total. The first-order valence-electron chi connectivity index (χ1n) is 6.64. The molecular weight excluding hydrogens is 239 g/mol. The van der Waals surface area contributed by atoms with E-state index < -0.39 is 5.60 Å². The van der Waals surface area contributed by atoms with Crippen LogP contribution in [0.2, 0.25) is 0 Å². The van der Waals surface area contributed by atoms with Crippen molar-refractivity contribution in [2.75, 3.05) is 0 Å². The summed E-state index contributed by atoms with van der Waals surface area (Å²) < 4.78 is 13.1. The molecule has 1 aliphatic rings. The third-order valence-electron chi connectivity index (χ3n) is 4.11. The topological polar surface area (TPSA) is 20.2 Å². The van der Waals surface area contributed by atoms with Gasteiger partial charge in [0.25, 0.3) is 0 Å². The highest BCUT2D eigenvalue weighted by atomic mass is 19.1. The van der Waals surface area contributed by atoms with Crippen LogP contribution in [0.4, 0.5) is 4.39 Å². The molecule has 0 radical (unpaired) electrons. The number of hydrogen-bond donors (Lipinski definition) is 1. The van der Waals surface area contributed by atoms with E-state index in [4.69, 9.17) is 0 Å². The predicted octanol–water partition coefficient (Wildman–Crippen LogP) is 3.51. The molecule has 0 bridgehead atoms. The van der Waals surface area contributed by atoms with Crippen LogP contribution in [0.5, 0.6) is 0 Å². The second-order valence-electron chi connectivity index (χ2n) is 5.44. The predicted molar refractivity (Wildman–Crippen MR) is 73.5 cm³/mol. The van der Waals surface area contributed by atoms with E-state index in [1.54, 1.807) is 6.07 Å². The average Bonchev–Trinajstić information content (AvgIpc) is 2.72. The molecule has 2 heteroatoms. The molecule has 1 unspecified atom stereocenters. The fourth-order valence-corrected chi connectivity index (χ4v) is 3.02. The van der Waals surface area contributed by atoms with Crippen molar-refractivity contribution >= 4 is 0 Å². The summed E-state index contributed by atoms with van der Waals surface area (Å²) in [6.07, 6.45) is 2.20. The third kappa shape index (κ3) is 2.17. The summed E-state index contributed by atoms with van der Waals surface area (Å²) in [6.45, 7) is 1.89. The average molecular weight is 256 g/mol. The smallest absolute Gasteiger partial charge is 0.123 e. The van der Waals surface area contributed by atoms with Gasteiger partial charge in [-0.05, 0) is 54.2 Å². The summed E-state index contributed by atoms with van der Waals surface area (Å²) in [5, 5.41) is 10.9. The molecule has 1 aliphatic carbocycles. The molecular formula is C17H17FO. The van der Waals surface area contributed by atoms with Gasteiger partial charge in [-0.3, -0.25) is 0 Å². The van der Waals surface area contributed by atoms with Crippen molar-refractivity contribution < 1.29 is 9.50 Å². The van der Waals surface area contributed by atoms with Crippen molar-refractivity contribution in [2.24, 2.45) is 0 Å². The van der Waals surface area contributed by atoms with E-state index in [1.165, 1.54) is 17.7 Å². The Morgan fingerprint density at radius 3 is 2.79 bits per heavy atom.